The number of hydrogen-bond donors (Lipinski definition) is 2. The number of anilines is 2. The Kier molecular flexibility index (Phi) is 5.33. The fourth-order valence-corrected chi connectivity index (χ4v) is 1.32. The molecule has 1 aromatic rings. The Hall–Kier alpha value is -1.71. The van der Waals surface area contributed by atoms with Crippen molar-refractivity contribution in [1.29, 1.82) is 0 Å². The van der Waals surface area contributed by atoms with E-state index in [2.05, 4.69) is 16.4 Å². The molecule has 4 nitrogen and oxygen atoms in total. The van der Waals surface area contributed by atoms with E-state index in [0.29, 0.717) is 11.6 Å². The molecule has 0 spiro atoms. The molecule has 0 unspecified atom stereocenters. The number of hydrogen-bond acceptors (Lipinski definition) is 4. The standard InChI is InChI=1S/C13H21N3O/c1-4-5-6-9-15-12-8-7-11(14)13(16-12)17-10(2)3/h4-5,7-8,10H,6,9,14H2,1-3H3,(H,15,16)/b5-4+. The summed E-state index contributed by atoms with van der Waals surface area (Å²) in [5.74, 6) is 1.29. The molecule has 0 atom stereocenters. The number of nitrogens with one attached hydrogen (secondary N) is 1. The van der Waals surface area contributed by atoms with Crippen molar-refractivity contribution in [3.63, 3.8) is 0 Å². The predicted octanol–water partition coefficient (Wildman–Crippen LogP) is 2.83. The van der Waals surface area contributed by atoms with Gasteiger partial charge in [0.2, 0.25) is 5.88 Å². The number of rotatable bonds is 6. The summed E-state index contributed by atoms with van der Waals surface area (Å²) in [6.07, 6.45) is 5.19. The second-order valence-corrected chi connectivity index (χ2v) is 4.04. The SMILES string of the molecule is C/C=C/CCNc1ccc(N)c(OC(C)C)n1. The molecule has 0 saturated carbocycles. The molecule has 0 bridgehead atoms. The molecule has 0 saturated heterocycles. The summed E-state index contributed by atoms with van der Waals surface area (Å²) in [6, 6.07) is 3.67. The van der Waals surface area contributed by atoms with Crippen LogP contribution >= 0.6 is 0 Å². The number of nitrogen functional groups attached to an aromatic ring is 1. The maximum Gasteiger partial charge on any atom is 0.239 e. The average Bonchev–Trinajstić information content (AvgIpc) is 2.28. The van der Waals surface area contributed by atoms with E-state index in [1.165, 1.54) is 0 Å². The van der Waals surface area contributed by atoms with Crippen molar-refractivity contribution >= 4 is 11.5 Å². The van der Waals surface area contributed by atoms with Crippen LogP contribution in [-0.4, -0.2) is 17.6 Å². The molecule has 1 heterocycles. The highest BCUT2D eigenvalue weighted by atomic mass is 16.5. The van der Waals surface area contributed by atoms with Crippen LogP contribution < -0.4 is 15.8 Å². The van der Waals surface area contributed by atoms with E-state index in [4.69, 9.17) is 10.5 Å². The molecule has 1 rings (SSSR count). The lowest BCUT2D eigenvalue weighted by atomic mass is 10.3. The minimum absolute atomic E-state index is 0.0723. The van der Waals surface area contributed by atoms with Gasteiger partial charge in [-0.25, -0.2) is 0 Å². The van der Waals surface area contributed by atoms with Gasteiger partial charge < -0.3 is 15.8 Å². The Labute approximate surface area is 103 Å². The van der Waals surface area contributed by atoms with Crippen LogP contribution in [0.1, 0.15) is 27.2 Å². The zero-order valence-electron chi connectivity index (χ0n) is 10.7. The van der Waals surface area contributed by atoms with Gasteiger partial charge in [-0.15, -0.1) is 0 Å². The van der Waals surface area contributed by atoms with Gasteiger partial charge in [-0.05, 0) is 39.3 Å². The second-order valence-electron chi connectivity index (χ2n) is 4.04. The van der Waals surface area contributed by atoms with Gasteiger partial charge in [0.05, 0.1) is 11.8 Å². The lowest BCUT2D eigenvalue weighted by Gasteiger charge is -2.12. The molecule has 0 amide bonds. The van der Waals surface area contributed by atoms with Crippen molar-refractivity contribution in [3.05, 3.63) is 24.3 Å². The molecule has 0 aliphatic heterocycles. The molecule has 0 radical (unpaired) electrons. The Morgan fingerprint density at radius 2 is 2.24 bits per heavy atom. The van der Waals surface area contributed by atoms with Crippen LogP contribution in [0.4, 0.5) is 11.5 Å². The van der Waals surface area contributed by atoms with Crippen LogP contribution in [-0.2, 0) is 0 Å². The third kappa shape index (κ3) is 4.76. The van der Waals surface area contributed by atoms with Gasteiger partial charge >= 0.3 is 0 Å². The Balaban J connectivity index is 2.61. The number of ether oxygens (including phenoxy) is 1. The number of nitrogens with two attached hydrogens (primary N) is 1. The smallest absolute Gasteiger partial charge is 0.239 e. The van der Waals surface area contributed by atoms with Gasteiger partial charge in [-0.2, -0.15) is 4.98 Å². The van der Waals surface area contributed by atoms with Gasteiger partial charge in [-0.1, -0.05) is 12.2 Å². The summed E-state index contributed by atoms with van der Waals surface area (Å²) >= 11 is 0. The largest absolute Gasteiger partial charge is 0.473 e. The second kappa shape index (κ2) is 6.78. The minimum atomic E-state index is 0.0723. The maximum atomic E-state index is 5.79. The Bertz CT molecular complexity index is 375. The molecule has 0 fully saturated rings. The van der Waals surface area contributed by atoms with E-state index in [1.807, 2.05) is 39.0 Å². The van der Waals surface area contributed by atoms with Crippen LogP contribution in [0.3, 0.4) is 0 Å². The minimum Gasteiger partial charge on any atom is -0.473 e. The first-order valence-electron chi connectivity index (χ1n) is 5.91. The van der Waals surface area contributed by atoms with Crippen LogP contribution in [0.2, 0.25) is 0 Å². The molecule has 17 heavy (non-hydrogen) atoms. The van der Waals surface area contributed by atoms with Crippen LogP contribution in [0, 0.1) is 0 Å². The maximum absolute atomic E-state index is 5.79. The zero-order valence-corrected chi connectivity index (χ0v) is 10.7. The lowest BCUT2D eigenvalue weighted by molar-refractivity contribution is 0.234. The quantitative estimate of drug-likeness (QED) is 0.588. The van der Waals surface area contributed by atoms with Crippen molar-refractivity contribution in [3.8, 4) is 5.88 Å². The van der Waals surface area contributed by atoms with Gasteiger partial charge in [0.1, 0.15) is 5.82 Å². The van der Waals surface area contributed by atoms with Crippen molar-refractivity contribution in [2.75, 3.05) is 17.6 Å². The molecule has 0 aliphatic rings. The highest BCUT2D eigenvalue weighted by molar-refractivity contribution is 5.53. The molecule has 94 valence electrons. The van der Waals surface area contributed by atoms with Crippen LogP contribution in [0.5, 0.6) is 5.88 Å². The summed E-state index contributed by atoms with van der Waals surface area (Å²) in [6.45, 7) is 6.76. The first-order valence-corrected chi connectivity index (χ1v) is 5.91. The van der Waals surface area contributed by atoms with Crippen molar-refractivity contribution in [2.24, 2.45) is 0 Å². The fraction of sp³-hybridized carbons (Fsp3) is 0.462. The third-order valence-corrected chi connectivity index (χ3v) is 2.09. The molecule has 4 heteroatoms. The fourth-order valence-electron chi connectivity index (χ4n) is 1.32. The summed E-state index contributed by atoms with van der Waals surface area (Å²) in [7, 11) is 0. The van der Waals surface area contributed by atoms with Gasteiger partial charge in [0, 0.05) is 6.54 Å². The Morgan fingerprint density at radius 1 is 1.47 bits per heavy atom. The predicted molar refractivity (Wildman–Crippen MR) is 72.3 cm³/mol. The first kappa shape index (κ1) is 13.4. The van der Waals surface area contributed by atoms with Gasteiger partial charge in [0.15, 0.2) is 0 Å². The van der Waals surface area contributed by atoms with Crippen molar-refractivity contribution in [1.82, 2.24) is 4.98 Å². The summed E-state index contributed by atoms with van der Waals surface area (Å²) in [5.41, 5.74) is 6.35. The van der Waals surface area contributed by atoms with E-state index in [1.54, 1.807) is 0 Å². The third-order valence-electron chi connectivity index (χ3n) is 2.09. The number of allylic oxidation sites excluding steroid dienone is 1. The number of pyridine rings is 1. The van der Waals surface area contributed by atoms with Gasteiger partial charge in [-0.3, -0.25) is 0 Å². The van der Waals surface area contributed by atoms with E-state index in [-0.39, 0.29) is 6.10 Å². The normalized spacial score (nSPS) is 11.1. The van der Waals surface area contributed by atoms with Crippen LogP contribution in [0.25, 0.3) is 0 Å². The molecule has 3 N–H and O–H groups in total. The molecule has 0 aromatic carbocycles. The van der Waals surface area contributed by atoms with E-state index in [9.17, 15) is 0 Å². The first-order chi connectivity index (χ1) is 8.13. The Morgan fingerprint density at radius 3 is 2.88 bits per heavy atom. The highest BCUT2D eigenvalue weighted by Gasteiger charge is 2.05. The van der Waals surface area contributed by atoms with Crippen molar-refractivity contribution in [2.45, 2.75) is 33.3 Å². The van der Waals surface area contributed by atoms with Gasteiger partial charge in [0.25, 0.3) is 0 Å². The van der Waals surface area contributed by atoms with Crippen LogP contribution in [0.15, 0.2) is 24.3 Å². The van der Waals surface area contributed by atoms with E-state index >= 15 is 0 Å². The topological polar surface area (TPSA) is 60.2 Å². The zero-order chi connectivity index (χ0) is 12.7. The average molecular weight is 235 g/mol. The molecular formula is C13H21N3O. The molecular weight excluding hydrogens is 214 g/mol. The van der Waals surface area contributed by atoms with E-state index in [0.717, 1.165) is 18.8 Å². The number of aromatic nitrogens is 1. The summed E-state index contributed by atoms with van der Waals surface area (Å²) in [4.78, 5) is 4.33. The summed E-state index contributed by atoms with van der Waals surface area (Å²) < 4.78 is 5.52. The van der Waals surface area contributed by atoms with Crippen molar-refractivity contribution < 1.29 is 4.74 Å². The molecule has 0 aliphatic carbocycles. The highest BCUT2D eigenvalue weighted by Crippen LogP contribution is 2.21. The van der Waals surface area contributed by atoms with E-state index < -0.39 is 0 Å². The lowest BCUT2D eigenvalue weighted by Crippen LogP contribution is -2.10. The monoisotopic (exact) mass is 235 g/mol. The molecule has 1 aromatic heterocycles. The summed E-state index contributed by atoms with van der Waals surface area (Å²) in [5, 5.41) is 3.22. The number of nitrogens with zero attached hydrogens (tertiary/aromatic N) is 1.